The average Bonchev–Trinajstić information content (AvgIpc) is 2.71. The van der Waals surface area contributed by atoms with Gasteiger partial charge in [0.25, 0.3) is 0 Å². The van der Waals surface area contributed by atoms with Gasteiger partial charge in [0, 0.05) is 0 Å². The van der Waals surface area contributed by atoms with E-state index in [0.717, 1.165) is 36.2 Å². The van der Waals surface area contributed by atoms with Gasteiger partial charge in [-0.25, -0.2) is 0 Å². The zero-order chi connectivity index (χ0) is 22.6. The van der Waals surface area contributed by atoms with Crippen molar-refractivity contribution < 1.29 is 9.47 Å². The van der Waals surface area contributed by atoms with E-state index in [4.69, 9.17) is 9.47 Å². The van der Waals surface area contributed by atoms with E-state index in [1.807, 2.05) is 0 Å². The zero-order valence-electron chi connectivity index (χ0n) is 21.8. The summed E-state index contributed by atoms with van der Waals surface area (Å²) in [7, 11) is 0. The van der Waals surface area contributed by atoms with Crippen molar-refractivity contribution in [2.24, 2.45) is 35.0 Å². The first-order chi connectivity index (χ1) is 14.6. The van der Waals surface area contributed by atoms with Crippen molar-refractivity contribution in [1.82, 2.24) is 0 Å². The van der Waals surface area contributed by atoms with Gasteiger partial charge in [-0.05, 0) is 105 Å². The molecule has 0 radical (unpaired) electrons. The summed E-state index contributed by atoms with van der Waals surface area (Å²) in [4.78, 5) is 0. The molecule has 0 aromatic carbocycles. The molecule has 3 aliphatic carbocycles. The van der Waals surface area contributed by atoms with Crippen molar-refractivity contribution in [2.45, 2.75) is 131 Å². The van der Waals surface area contributed by atoms with Crippen LogP contribution in [0.1, 0.15) is 119 Å². The Balaban J connectivity index is 1.62. The molecule has 1 saturated carbocycles. The highest BCUT2D eigenvalue weighted by atomic mass is 16.7. The van der Waals surface area contributed by atoms with E-state index in [0.29, 0.717) is 11.5 Å². The van der Waals surface area contributed by atoms with Crippen molar-refractivity contribution in [3.63, 3.8) is 0 Å². The fraction of sp³-hybridized carbons (Fsp3) is 0.931. The van der Waals surface area contributed by atoms with Crippen LogP contribution in [0.2, 0.25) is 0 Å². The van der Waals surface area contributed by atoms with E-state index < -0.39 is 0 Å². The maximum Gasteiger partial charge on any atom is 0.155 e. The Morgan fingerprint density at radius 1 is 0.871 bits per heavy atom. The Hall–Kier alpha value is -0.340. The van der Waals surface area contributed by atoms with E-state index in [2.05, 4.69) is 48.5 Å². The first-order valence-corrected chi connectivity index (χ1v) is 13.6. The molecule has 0 bridgehead atoms. The second-order valence-electron chi connectivity index (χ2n) is 12.8. The molecule has 2 heteroatoms. The monoisotopic (exact) mass is 432 g/mol. The molecule has 0 aromatic heterocycles. The molecule has 0 amide bonds. The predicted octanol–water partition coefficient (Wildman–Crippen LogP) is 8.55. The predicted molar refractivity (Wildman–Crippen MR) is 132 cm³/mol. The lowest BCUT2D eigenvalue weighted by molar-refractivity contribution is -0.163. The summed E-state index contributed by atoms with van der Waals surface area (Å²) in [5, 5.41) is 0. The Kier molecular flexibility index (Phi) is 9.13. The van der Waals surface area contributed by atoms with Crippen LogP contribution in [-0.2, 0) is 9.47 Å². The van der Waals surface area contributed by atoms with Crippen LogP contribution in [-0.4, -0.2) is 19.0 Å². The van der Waals surface area contributed by atoms with E-state index in [-0.39, 0.29) is 6.29 Å². The third kappa shape index (κ3) is 7.32. The smallest absolute Gasteiger partial charge is 0.155 e. The molecule has 3 aliphatic rings. The molecule has 4 atom stereocenters. The molecular formula is C29H52O2. The summed E-state index contributed by atoms with van der Waals surface area (Å²) >= 11 is 0. The first-order valence-electron chi connectivity index (χ1n) is 13.6. The number of hydrogen-bond donors (Lipinski definition) is 0. The number of ether oxygens (including phenoxy) is 2. The van der Waals surface area contributed by atoms with Crippen LogP contribution in [0.25, 0.3) is 0 Å². The Bertz CT molecular complexity index is 576. The van der Waals surface area contributed by atoms with Gasteiger partial charge in [-0.3, -0.25) is 0 Å². The number of hydrogen-bond acceptors (Lipinski definition) is 2. The van der Waals surface area contributed by atoms with Crippen LogP contribution < -0.4 is 0 Å². The highest BCUT2D eigenvalue weighted by Gasteiger charge is 2.37. The summed E-state index contributed by atoms with van der Waals surface area (Å²) in [5.74, 6) is 3.97. The largest absolute Gasteiger partial charge is 0.353 e. The molecule has 4 unspecified atom stereocenters. The molecule has 0 aliphatic heterocycles. The topological polar surface area (TPSA) is 18.5 Å². The van der Waals surface area contributed by atoms with Gasteiger partial charge < -0.3 is 9.47 Å². The van der Waals surface area contributed by atoms with Gasteiger partial charge in [0.1, 0.15) is 0 Å². The molecule has 0 saturated heterocycles. The van der Waals surface area contributed by atoms with Gasteiger partial charge >= 0.3 is 0 Å². The minimum Gasteiger partial charge on any atom is -0.353 e. The van der Waals surface area contributed by atoms with E-state index in [9.17, 15) is 0 Å². The molecule has 0 heterocycles. The van der Waals surface area contributed by atoms with Gasteiger partial charge in [-0.2, -0.15) is 0 Å². The summed E-state index contributed by atoms with van der Waals surface area (Å²) in [6.45, 7) is 17.6. The van der Waals surface area contributed by atoms with Crippen molar-refractivity contribution in [3.8, 4) is 0 Å². The summed E-state index contributed by atoms with van der Waals surface area (Å²) < 4.78 is 12.8. The minimum atomic E-state index is -0.0768. The van der Waals surface area contributed by atoms with E-state index in [1.54, 1.807) is 11.1 Å². The van der Waals surface area contributed by atoms with Gasteiger partial charge in [0.05, 0.1) is 12.7 Å². The molecule has 2 nitrogen and oxygen atoms in total. The lowest BCUT2D eigenvalue weighted by Gasteiger charge is -2.43. The second kappa shape index (κ2) is 11.2. The molecule has 31 heavy (non-hydrogen) atoms. The second-order valence-corrected chi connectivity index (χ2v) is 12.8. The molecule has 1 fully saturated rings. The Morgan fingerprint density at radius 3 is 2.16 bits per heavy atom. The highest BCUT2D eigenvalue weighted by molar-refractivity contribution is 5.27. The maximum absolute atomic E-state index is 6.58. The van der Waals surface area contributed by atoms with Gasteiger partial charge in [-0.1, -0.05) is 60.0 Å². The molecule has 0 aromatic rings. The van der Waals surface area contributed by atoms with Gasteiger partial charge in [-0.15, -0.1) is 0 Å². The molecule has 180 valence electrons. The zero-order valence-corrected chi connectivity index (χ0v) is 21.8. The number of rotatable bonds is 8. The van der Waals surface area contributed by atoms with Crippen LogP contribution in [0.15, 0.2) is 11.1 Å². The molecule has 3 rings (SSSR count). The third-order valence-corrected chi connectivity index (χ3v) is 8.40. The standard InChI is InChI=1S/C29H52O2/c1-20(2)27(18-29(5,6)7)25-10-8-12-26-24(25)11-9-13-28(26)31-22(4)30-19-23-16-14-21(3)15-17-23/h20-23,25,27-28H,8-19H2,1-7H3. The normalized spacial score (nSPS) is 32.1. The van der Waals surface area contributed by atoms with Crippen LogP contribution in [0.3, 0.4) is 0 Å². The quantitative estimate of drug-likeness (QED) is 0.282. The molecule has 0 spiro atoms. The van der Waals surface area contributed by atoms with Crippen LogP contribution >= 0.6 is 0 Å². The third-order valence-electron chi connectivity index (χ3n) is 8.40. The summed E-state index contributed by atoms with van der Waals surface area (Å²) in [6, 6.07) is 0. The summed E-state index contributed by atoms with van der Waals surface area (Å²) in [6.07, 6.45) is 14.7. The Morgan fingerprint density at radius 2 is 1.52 bits per heavy atom. The summed E-state index contributed by atoms with van der Waals surface area (Å²) in [5.41, 5.74) is 3.86. The van der Waals surface area contributed by atoms with E-state index in [1.165, 1.54) is 70.6 Å². The lowest BCUT2D eigenvalue weighted by Crippen LogP contribution is -2.35. The highest BCUT2D eigenvalue weighted by Crippen LogP contribution is 2.47. The Labute approximate surface area is 193 Å². The molecular weight excluding hydrogens is 380 g/mol. The van der Waals surface area contributed by atoms with Crippen molar-refractivity contribution in [3.05, 3.63) is 11.1 Å². The van der Waals surface area contributed by atoms with Gasteiger partial charge in [0.2, 0.25) is 0 Å². The first kappa shape index (κ1) is 25.3. The lowest BCUT2D eigenvalue weighted by atomic mass is 9.64. The van der Waals surface area contributed by atoms with Crippen molar-refractivity contribution >= 4 is 0 Å². The van der Waals surface area contributed by atoms with Crippen molar-refractivity contribution in [2.75, 3.05) is 6.61 Å². The average molecular weight is 433 g/mol. The van der Waals surface area contributed by atoms with Crippen molar-refractivity contribution in [1.29, 1.82) is 0 Å². The van der Waals surface area contributed by atoms with E-state index >= 15 is 0 Å². The number of allylic oxidation sites excluding steroid dienone is 1. The fourth-order valence-corrected chi connectivity index (χ4v) is 6.66. The minimum absolute atomic E-state index is 0.0768. The van der Waals surface area contributed by atoms with Gasteiger partial charge in [0.15, 0.2) is 6.29 Å². The SMILES string of the molecule is CC1CCC(COC(C)OC2CCCC3=C2CCCC3C(CC(C)(C)C)C(C)C)CC1. The van der Waals surface area contributed by atoms with Crippen LogP contribution in [0.4, 0.5) is 0 Å². The van der Waals surface area contributed by atoms with Crippen LogP contribution in [0.5, 0.6) is 0 Å². The van der Waals surface area contributed by atoms with Crippen LogP contribution in [0, 0.1) is 35.0 Å². The maximum atomic E-state index is 6.58. The fourth-order valence-electron chi connectivity index (χ4n) is 6.66. The molecule has 0 N–H and O–H groups in total.